The molecule has 0 aliphatic carbocycles. The molecule has 0 unspecified atom stereocenters. The molecule has 2 amide bonds. The third-order valence-electron chi connectivity index (χ3n) is 1.55. The minimum atomic E-state index is -0.846. The molecule has 0 radical (unpaired) electrons. The molecule has 0 atom stereocenters. The molecule has 0 aromatic heterocycles. The second-order valence-electron chi connectivity index (χ2n) is 2.81. The van der Waals surface area contributed by atoms with Gasteiger partial charge in [0.1, 0.15) is 5.82 Å². The summed E-state index contributed by atoms with van der Waals surface area (Å²) in [5.41, 5.74) is 6.34. The van der Waals surface area contributed by atoms with Crippen molar-refractivity contribution in [2.24, 2.45) is 5.73 Å². The summed E-state index contributed by atoms with van der Waals surface area (Å²) in [5, 5.41) is 0.210. The molecule has 5 nitrogen and oxygen atoms in total. The molecule has 0 bridgehead atoms. The first-order chi connectivity index (χ1) is 7.50. The van der Waals surface area contributed by atoms with Gasteiger partial charge in [-0.05, 0) is 18.2 Å². The Balaban J connectivity index is 2.65. The van der Waals surface area contributed by atoms with Gasteiger partial charge in [-0.1, -0.05) is 11.6 Å². The summed E-state index contributed by atoms with van der Waals surface area (Å²) >= 11 is 5.58. The lowest BCUT2D eigenvalue weighted by Crippen LogP contribution is -2.29. The molecular formula is C9H8ClFN2O3. The Kier molecular flexibility index (Phi) is 4.21. The van der Waals surface area contributed by atoms with Crippen LogP contribution in [0, 0.1) is 5.82 Å². The SMILES string of the molecule is NC(=O)CONC(=O)c1cc(Cl)ccc1F. The van der Waals surface area contributed by atoms with E-state index in [-0.39, 0.29) is 10.6 Å². The average molecular weight is 247 g/mol. The van der Waals surface area contributed by atoms with Gasteiger partial charge in [0.2, 0.25) is 5.91 Å². The summed E-state index contributed by atoms with van der Waals surface area (Å²) in [6.07, 6.45) is 0. The number of hydroxylamine groups is 1. The van der Waals surface area contributed by atoms with Crippen molar-refractivity contribution in [2.75, 3.05) is 6.61 Å². The number of primary amides is 1. The van der Waals surface area contributed by atoms with E-state index in [2.05, 4.69) is 4.84 Å². The molecular weight excluding hydrogens is 239 g/mol. The highest BCUT2D eigenvalue weighted by molar-refractivity contribution is 6.30. The summed E-state index contributed by atoms with van der Waals surface area (Å²) in [7, 11) is 0. The van der Waals surface area contributed by atoms with E-state index in [1.807, 2.05) is 5.48 Å². The highest BCUT2D eigenvalue weighted by Crippen LogP contribution is 2.14. The average Bonchev–Trinajstić information content (AvgIpc) is 2.21. The largest absolute Gasteiger partial charge is 0.368 e. The van der Waals surface area contributed by atoms with E-state index in [9.17, 15) is 14.0 Å². The van der Waals surface area contributed by atoms with Gasteiger partial charge in [0.15, 0.2) is 6.61 Å². The fourth-order valence-corrected chi connectivity index (χ4v) is 1.07. The molecule has 7 heteroatoms. The Morgan fingerprint density at radius 2 is 2.19 bits per heavy atom. The number of rotatable bonds is 4. The van der Waals surface area contributed by atoms with E-state index in [4.69, 9.17) is 17.3 Å². The third kappa shape index (κ3) is 3.48. The second-order valence-corrected chi connectivity index (χ2v) is 3.25. The maximum atomic E-state index is 13.1. The summed E-state index contributed by atoms with van der Waals surface area (Å²) in [6, 6.07) is 3.49. The Morgan fingerprint density at radius 3 is 2.81 bits per heavy atom. The quantitative estimate of drug-likeness (QED) is 0.765. The Bertz CT molecular complexity index is 425. The third-order valence-corrected chi connectivity index (χ3v) is 1.79. The molecule has 16 heavy (non-hydrogen) atoms. The predicted molar refractivity (Wildman–Crippen MR) is 54.0 cm³/mol. The van der Waals surface area contributed by atoms with Gasteiger partial charge in [0.05, 0.1) is 5.56 Å². The van der Waals surface area contributed by atoms with Gasteiger partial charge in [-0.25, -0.2) is 9.87 Å². The number of hydrogen-bond donors (Lipinski definition) is 2. The van der Waals surface area contributed by atoms with E-state index in [0.29, 0.717) is 0 Å². The number of benzene rings is 1. The van der Waals surface area contributed by atoms with Crippen LogP contribution in [0.5, 0.6) is 0 Å². The molecule has 0 saturated heterocycles. The molecule has 86 valence electrons. The van der Waals surface area contributed by atoms with Crippen molar-refractivity contribution in [1.82, 2.24) is 5.48 Å². The minimum absolute atomic E-state index is 0.210. The zero-order valence-electron chi connectivity index (χ0n) is 8.00. The van der Waals surface area contributed by atoms with Crippen molar-refractivity contribution in [2.45, 2.75) is 0 Å². The highest BCUT2D eigenvalue weighted by Gasteiger charge is 2.12. The van der Waals surface area contributed by atoms with Crippen molar-refractivity contribution in [3.63, 3.8) is 0 Å². The normalized spacial score (nSPS) is 9.88. The van der Waals surface area contributed by atoms with Gasteiger partial charge in [-0.2, -0.15) is 0 Å². The molecule has 0 aliphatic heterocycles. The Labute approximate surface area is 95.3 Å². The topological polar surface area (TPSA) is 81.4 Å². The standard InChI is InChI=1S/C9H8ClFN2O3/c10-5-1-2-7(11)6(3-5)9(15)13-16-4-8(12)14/h1-3H,4H2,(H2,12,14)(H,13,15). The zero-order chi connectivity index (χ0) is 12.1. The van der Waals surface area contributed by atoms with Crippen molar-refractivity contribution < 1.29 is 18.8 Å². The summed E-state index contributed by atoms with van der Waals surface area (Å²) < 4.78 is 13.1. The van der Waals surface area contributed by atoms with E-state index < -0.39 is 24.2 Å². The predicted octanol–water partition coefficient (Wildman–Crippen LogP) is 0.626. The number of nitrogens with two attached hydrogens (primary N) is 1. The summed E-state index contributed by atoms with van der Waals surface area (Å²) in [5.74, 6) is -2.35. The van der Waals surface area contributed by atoms with Crippen molar-refractivity contribution >= 4 is 23.4 Å². The van der Waals surface area contributed by atoms with Crippen molar-refractivity contribution in [3.05, 3.63) is 34.6 Å². The van der Waals surface area contributed by atoms with Gasteiger partial charge in [0, 0.05) is 5.02 Å². The van der Waals surface area contributed by atoms with E-state index in [1.54, 1.807) is 0 Å². The molecule has 1 aromatic rings. The van der Waals surface area contributed by atoms with Crippen LogP contribution in [0.25, 0.3) is 0 Å². The number of halogens is 2. The van der Waals surface area contributed by atoms with Gasteiger partial charge in [-0.3, -0.25) is 14.4 Å². The van der Waals surface area contributed by atoms with Crippen molar-refractivity contribution in [1.29, 1.82) is 0 Å². The maximum absolute atomic E-state index is 13.1. The van der Waals surface area contributed by atoms with Crippen LogP contribution < -0.4 is 11.2 Å². The van der Waals surface area contributed by atoms with Crippen molar-refractivity contribution in [3.8, 4) is 0 Å². The fraction of sp³-hybridized carbons (Fsp3) is 0.111. The van der Waals surface area contributed by atoms with Gasteiger partial charge in [-0.15, -0.1) is 0 Å². The highest BCUT2D eigenvalue weighted by atomic mass is 35.5. The summed E-state index contributed by atoms with van der Waals surface area (Å²) in [4.78, 5) is 26.0. The lowest BCUT2D eigenvalue weighted by atomic mass is 10.2. The molecule has 0 fully saturated rings. The van der Waals surface area contributed by atoms with Gasteiger partial charge >= 0.3 is 0 Å². The Morgan fingerprint density at radius 1 is 1.50 bits per heavy atom. The second kappa shape index (κ2) is 5.43. The first kappa shape index (κ1) is 12.4. The van der Waals surface area contributed by atoms with Gasteiger partial charge < -0.3 is 5.73 Å². The van der Waals surface area contributed by atoms with Crippen LogP contribution in [0.4, 0.5) is 4.39 Å². The fourth-order valence-electron chi connectivity index (χ4n) is 0.899. The number of carbonyl (C=O) groups is 2. The number of hydrogen-bond acceptors (Lipinski definition) is 3. The first-order valence-corrected chi connectivity index (χ1v) is 4.54. The zero-order valence-corrected chi connectivity index (χ0v) is 8.75. The minimum Gasteiger partial charge on any atom is -0.368 e. The molecule has 1 aromatic carbocycles. The molecule has 0 heterocycles. The van der Waals surface area contributed by atoms with E-state index in [0.717, 1.165) is 12.1 Å². The van der Waals surface area contributed by atoms with Crippen LogP contribution in [0.2, 0.25) is 5.02 Å². The number of carbonyl (C=O) groups excluding carboxylic acids is 2. The number of amides is 2. The van der Waals surface area contributed by atoms with Crippen LogP contribution in [0.1, 0.15) is 10.4 Å². The monoisotopic (exact) mass is 246 g/mol. The van der Waals surface area contributed by atoms with Crippen LogP contribution in [-0.4, -0.2) is 18.4 Å². The Hall–Kier alpha value is -1.66. The summed E-state index contributed by atoms with van der Waals surface area (Å²) in [6.45, 7) is -0.492. The first-order valence-electron chi connectivity index (χ1n) is 4.16. The maximum Gasteiger partial charge on any atom is 0.277 e. The number of nitrogens with one attached hydrogen (secondary N) is 1. The molecule has 1 rings (SSSR count). The molecule has 0 saturated carbocycles. The van der Waals surface area contributed by atoms with E-state index >= 15 is 0 Å². The van der Waals surface area contributed by atoms with Crippen LogP contribution in [0.15, 0.2) is 18.2 Å². The van der Waals surface area contributed by atoms with Crippen LogP contribution in [0.3, 0.4) is 0 Å². The van der Waals surface area contributed by atoms with Crippen LogP contribution in [-0.2, 0) is 9.63 Å². The lowest BCUT2D eigenvalue weighted by molar-refractivity contribution is -0.124. The molecule has 0 spiro atoms. The molecule has 3 N–H and O–H groups in total. The van der Waals surface area contributed by atoms with Gasteiger partial charge in [0.25, 0.3) is 5.91 Å². The van der Waals surface area contributed by atoms with Crippen LogP contribution >= 0.6 is 11.6 Å². The lowest BCUT2D eigenvalue weighted by Gasteiger charge is -2.05. The molecule has 0 aliphatic rings. The smallest absolute Gasteiger partial charge is 0.277 e. The van der Waals surface area contributed by atoms with E-state index in [1.165, 1.54) is 6.07 Å².